The molecule has 0 saturated carbocycles. The van der Waals surface area contributed by atoms with Crippen molar-refractivity contribution in [3.8, 4) is 0 Å². The first-order chi connectivity index (χ1) is 15.2. The van der Waals surface area contributed by atoms with Crippen molar-refractivity contribution in [3.05, 3.63) is 0 Å². The van der Waals surface area contributed by atoms with Gasteiger partial charge < -0.3 is 9.79 Å². The third kappa shape index (κ3) is 5.22. The average molecular weight is 606 g/mol. The van der Waals surface area contributed by atoms with Crippen LogP contribution in [-0.4, -0.2) is 69.5 Å². The van der Waals surface area contributed by atoms with Crippen LogP contribution in [-0.2, 0) is 4.57 Å². The summed E-state index contributed by atoms with van der Waals surface area (Å²) in [4.78, 5) is 16.8. The number of unbranched alkanes of at least 4 members (excludes halogenated alkanes) is 1. The van der Waals surface area contributed by atoms with E-state index < -0.39 is 86.6 Å². The number of hydrogen-bond donors (Lipinski definition) is 2. The molecule has 0 aliphatic rings. The summed E-state index contributed by atoms with van der Waals surface area (Å²) >= 11 is 0. The summed E-state index contributed by atoms with van der Waals surface area (Å²) in [6.45, 7) is 0. The molecule has 0 saturated heterocycles. The van der Waals surface area contributed by atoms with Gasteiger partial charge in [-0.15, -0.1) is 0 Å². The first-order valence-corrected chi connectivity index (χ1v) is 10.1. The predicted octanol–water partition coefficient (Wildman–Crippen LogP) is 6.98. The summed E-state index contributed by atoms with van der Waals surface area (Å²) in [6, 6.07) is 0. The Balaban J connectivity index is 6.52. The molecule has 0 aliphatic carbocycles. The summed E-state index contributed by atoms with van der Waals surface area (Å²) in [5.74, 6) is -67.0. The van der Waals surface area contributed by atoms with E-state index in [1.54, 1.807) is 0 Å². The van der Waals surface area contributed by atoms with E-state index in [9.17, 15) is 88.0 Å². The fourth-order valence-electron chi connectivity index (χ4n) is 2.22. The van der Waals surface area contributed by atoms with Gasteiger partial charge in [0.25, 0.3) is 0 Å². The Morgan fingerprint density at radius 3 is 1.00 bits per heavy atom. The molecule has 0 atom stereocenters. The highest BCUT2D eigenvalue weighted by atomic mass is 31.2. The average Bonchev–Trinajstić information content (AvgIpc) is 2.62. The Morgan fingerprint density at radius 1 is 0.444 bits per heavy atom. The van der Waals surface area contributed by atoms with Crippen LogP contribution in [0, 0.1) is 0 Å². The van der Waals surface area contributed by atoms with Crippen LogP contribution >= 0.6 is 7.60 Å². The van der Waals surface area contributed by atoms with Gasteiger partial charge in [0.05, 0.1) is 0 Å². The summed E-state index contributed by atoms with van der Waals surface area (Å²) in [6.07, 6.45) is -15.0. The molecule has 23 heteroatoms. The van der Waals surface area contributed by atoms with Crippen molar-refractivity contribution in [3.63, 3.8) is 0 Å². The minimum absolute atomic E-state index is 1.23. The van der Waals surface area contributed by atoms with E-state index in [2.05, 4.69) is 0 Å². The summed E-state index contributed by atoms with van der Waals surface area (Å²) in [5.41, 5.74) is 0. The normalized spacial score (nSPS) is 16.5. The molecule has 0 aromatic rings. The van der Waals surface area contributed by atoms with Crippen molar-refractivity contribution in [2.75, 3.05) is 6.16 Å². The van der Waals surface area contributed by atoms with Crippen LogP contribution in [0.5, 0.6) is 0 Å². The van der Waals surface area contributed by atoms with Crippen LogP contribution in [0.15, 0.2) is 0 Å². The Bertz CT molecular complexity index is 827. The number of rotatable bonds is 12. The maximum atomic E-state index is 13.5. The monoisotopic (exact) mass is 606 g/mol. The molecule has 0 aromatic heterocycles. The van der Waals surface area contributed by atoms with E-state index in [0.717, 1.165) is 0 Å². The van der Waals surface area contributed by atoms with Gasteiger partial charge in [-0.3, -0.25) is 4.57 Å². The maximum Gasteiger partial charge on any atom is 0.460 e. The molecule has 0 unspecified atom stereocenters. The fraction of sp³-hybridized carbons (Fsp3) is 1.00. The van der Waals surface area contributed by atoms with Crippen LogP contribution in [0.4, 0.5) is 83.4 Å². The largest absolute Gasteiger partial charge is 0.460 e. The molecule has 0 bridgehead atoms. The summed E-state index contributed by atoms with van der Waals surface area (Å²) in [5, 5.41) is 0. The predicted molar refractivity (Wildman–Crippen MR) is 76.4 cm³/mol. The molecule has 0 amide bonds. The Hall–Kier alpha value is -1.18. The van der Waals surface area contributed by atoms with Crippen molar-refractivity contribution < 1.29 is 97.8 Å². The zero-order valence-corrected chi connectivity index (χ0v) is 17.2. The molecule has 218 valence electrons. The Kier molecular flexibility index (Phi) is 8.93. The lowest BCUT2D eigenvalue weighted by atomic mass is 9.86. The SMILES string of the molecule is O=P(O)(O)CCCCC(F)(F)C(F)(F)C(F)(F)C(F)(F)C(F)(F)C(F)(F)C(F)(F)C(F)(F)C(F)(F)F. The number of alkyl halides is 19. The lowest BCUT2D eigenvalue weighted by Crippen LogP contribution is -2.75. The molecule has 0 fully saturated rings. The van der Waals surface area contributed by atoms with Crippen molar-refractivity contribution in [1.29, 1.82) is 0 Å². The quantitative estimate of drug-likeness (QED) is 0.143. The third-order valence-corrected chi connectivity index (χ3v) is 5.27. The van der Waals surface area contributed by atoms with E-state index in [-0.39, 0.29) is 0 Å². The van der Waals surface area contributed by atoms with Gasteiger partial charge in [-0.2, -0.15) is 83.4 Å². The number of halogens is 19. The molecule has 0 aromatic carbocycles. The van der Waals surface area contributed by atoms with Gasteiger partial charge in [0.1, 0.15) is 0 Å². The molecule has 0 aliphatic heterocycles. The highest BCUT2D eigenvalue weighted by molar-refractivity contribution is 7.51. The highest BCUT2D eigenvalue weighted by Crippen LogP contribution is 2.65. The highest BCUT2D eigenvalue weighted by Gasteiger charge is 2.96. The lowest BCUT2D eigenvalue weighted by molar-refractivity contribution is -0.468. The van der Waals surface area contributed by atoms with Crippen molar-refractivity contribution >= 4 is 7.60 Å². The van der Waals surface area contributed by atoms with Crippen LogP contribution in [0.25, 0.3) is 0 Å². The molecule has 0 spiro atoms. The molecule has 2 N–H and O–H groups in total. The van der Waals surface area contributed by atoms with Crippen molar-refractivity contribution in [1.82, 2.24) is 0 Å². The van der Waals surface area contributed by atoms with Crippen LogP contribution in [0.3, 0.4) is 0 Å². The molecular weight excluding hydrogens is 596 g/mol. The van der Waals surface area contributed by atoms with E-state index in [4.69, 9.17) is 9.79 Å². The zero-order chi connectivity index (χ0) is 29.8. The van der Waals surface area contributed by atoms with Crippen LogP contribution in [0.1, 0.15) is 19.3 Å². The zero-order valence-electron chi connectivity index (χ0n) is 16.3. The van der Waals surface area contributed by atoms with E-state index in [1.807, 2.05) is 0 Å². The molecule has 0 radical (unpaired) electrons. The fourth-order valence-corrected chi connectivity index (χ4v) is 2.85. The standard InChI is InChI=1S/C13H10F19O3P/c14-5(15,3-1-2-4-36(33,34)35)6(16,17)7(18,19)8(20,21)9(22,23)10(24,25)11(26,27)12(28,29)13(30,31)32/h1-4H2,(H2,33,34,35). The first kappa shape index (κ1) is 34.8. The van der Waals surface area contributed by atoms with Gasteiger partial charge in [-0.05, 0) is 12.8 Å². The maximum absolute atomic E-state index is 13.5. The van der Waals surface area contributed by atoms with E-state index >= 15 is 0 Å². The van der Waals surface area contributed by atoms with Gasteiger partial charge in [0.15, 0.2) is 0 Å². The molecule has 3 nitrogen and oxygen atoms in total. The van der Waals surface area contributed by atoms with Crippen molar-refractivity contribution in [2.24, 2.45) is 0 Å². The Labute approximate surface area is 185 Å². The topological polar surface area (TPSA) is 57.5 Å². The van der Waals surface area contributed by atoms with Gasteiger partial charge in [-0.1, -0.05) is 0 Å². The Morgan fingerprint density at radius 2 is 0.722 bits per heavy atom. The second kappa shape index (κ2) is 9.23. The third-order valence-electron chi connectivity index (χ3n) is 4.37. The van der Waals surface area contributed by atoms with Crippen LogP contribution < -0.4 is 0 Å². The van der Waals surface area contributed by atoms with Gasteiger partial charge in [-0.25, -0.2) is 0 Å². The minimum Gasteiger partial charge on any atom is -0.324 e. The van der Waals surface area contributed by atoms with Gasteiger partial charge >= 0.3 is 61.2 Å². The van der Waals surface area contributed by atoms with Gasteiger partial charge in [0, 0.05) is 12.6 Å². The van der Waals surface area contributed by atoms with E-state index in [1.165, 1.54) is 0 Å². The van der Waals surface area contributed by atoms with Crippen molar-refractivity contribution in [2.45, 2.75) is 72.8 Å². The first-order valence-electron chi connectivity index (χ1n) is 8.34. The minimum atomic E-state index is -8.97. The van der Waals surface area contributed by atoms with Gasteiger partial charge in [0.2, 0.25) is 0 Å². The molecule has 0 rings (SSSR count). The smallest absolute Gasteiger partial charge is 0.324 e. The number of hydrogen-bond acceptors (Lipinski definition) is 1. The molecule has 36 heavy (non-hydrogen) atoms. The summed E-state index contributed by atoms with van der Waals surface area (Å²) < 4.78 is 259. The second-order valence-corrected chi connectivity index (χ2v) is 8.84. The molecular formula is C13H10F19O3P. The molecule has 0 heterocycles. The summed E-state index contributed by atoms with van der Waals surface area (Å²) in [7, 11) is -5.03. The second-order valence-electron chi connectivity index (χ2n) is 7.07. The van der Waals surface area contributed by atoms with E-state index in [0.29, 0.717) is 0 Å². The van der Waals surface area contributed by atoms with Crippen LogP contribution in [0.2, 0.25) is 0 Å². The lowest BCUT2D eigenvalue weighted by Gasteiger charge is -2.43.